The number of rotatable bonds is 6. The van der Waals surface area contributed by atoms with Crippen molar-refractivity contribution < 1.29 is 9.59 Å². The van der Waals surface area contributed by atoms with Gasteiger partial charge in [-0.25, -0.2) is 0 Å². The topological polar surface area (TPSA) is 110 Å². The summed E-state index contributed by atoms with van der Waals surface area (Å²) in [5, 5.41) is 13.2. The minimum atomic E-state index is -0.387. The Hall–Kier alpha value is -2.18. The lowest BCUT2D eigenvalue weighted by atomic mass is 10.2. The van der Waals surface area contributed by atoms with Gasteiger partial charge in [-0.05, 0) is 26.0 Å². The normalized spacial score (nSPS) is 11.7. The summed E-state index contributed by atoms with van der Waals surface area (Å²) in [6, 6.07) is 3.07. The molecule has 7 nitrogen and oxygen atoms in total. The summed E-state index contributed by atoms with van der Waals surface area (Å²) in [6.45, 7) is 4.17. The molecule has 0 radical (unpaired) electrons. The third kappa shape index (κ3) is 4.36. The maximum absolute atomic E-state index is 11.4. The van der Waals surface area contributed by atoms with E-state index in [2.05, 4.69) is 20.8 Å². The van der Waals surface area contributed by atoms with Crippen LogP contribution in [0.5, 0.6) is 0 Å². The van der Waals surface area contributed by atoms with Crippen molar-refractivity contribution in [2.24, 2.45) is 5.73 Å². The molecule has 0 bridgehead atoms. The van der Waals surface area contributed by atoms with E-state index in [4.69, 9.17) is 5.73 Å². The van der Waals surface area contributed by atoms with Crippen molar-refractivity contribution in [1.29, 1.82) is 0 Å². The molecule has 0 saturated heterocycles. The number of carbonyl (C=O) groups excluding carboxylic acids is 2. The number of hydrogen-bond acceptors (Lipinski definition) is 5. The van der Waals surface area contributed by atoms with Crippen LogP contribution in [0.2, 0.25) is 0 Å². The molecule has 1 atom stereocenters. The highest BCUT2D eigenvalue weighted by Gasteiger charge is 2.09. The van der Waals surface area contributed by atoms with Gasteiger partial charge in [-0.15, -0.1) is 10.2 Å². The molecule has 18 heavy (non-hydrogen) atoms. The third-order valence-corrected chi connectivity index (χ3v) is 2.14. The first-order chi connectivity index (χ1) is 8.52. The Morgan fingerprint density at radius 3 is 2.61 bits per heavy atom. The number of aromatic nitrogens is 2. The molecule has 1 rings (SSSR count). The van der Waals surface area contributed by atoms with Gasteiger partial charge in [0.1, 0.15) is 5.82 Å². The van der Waals surface area contributed by atoms with Crippen LogP contribution in [0.15, 0.2) is 12.1 Å². The number of primary amides is 1. The van der Waals surface area contributed by atoms with Crippen LogP contribution in [0.3, 0.4) is 0 Å². The number of anilines is 1. The molecule has 1 heterocycles. The van der Waals surface area contributed by atoms with Gasteiger partial charge < -0.3 is 16.4 Å². The van der Waals surface area contributed by atoms with Gasteiger partial charge in [0.2, 0.25) is 5.91 Å². The number of nitrogens with two attached hydrogens (primary N) is 1. The van der Waals surface area contributed by atoms with E-state index in [0.29, 0.717) is 12.4 Å². The van der Waals surface area contributed by atoms with Crippen LogP contribution in [0, 0.1) is 0 Å². The van der Waals surface area contributed by atoms with Crippen molar-refractivity contribution in [1.82, 2.24) is 15.5 Å². The van der Waals surface area contributed by atoms with Crippen molar-refractivity contribution in [3.05, 3.63) is 17.8 Å². The molecule has 0 aliphatic heterocycles. The number of nitrogens with one attached hydrogen (secondary N) is 2. The summed E-state index contributed by atoms with van der Waals surface area (Å²) in [7, 11) is 0. The molecule has 0 spiro atoms. The Balaban J connectivity index is 2.60. The Bertz CT molecular complexity index is 418. The van der Waals surface area contributed by atoms with Gasteiger partial charge in [-0.3, -0.25) is 9.59 Å². The Morgan fingerprint density at radius 2 is 2.11 bits per heavy atom. The highest BCUT2D eigenvalue weighted by atomic mass is 16.2. The first-order valence-corrected chi connectivity index (χ1v) is 5.69. The highest BCUT2D eigenvalue weighted by molar-refractivity contribution is 5.92. The predicted octanol–water partition coefficient (Wildman–Crippen LogP) is -0.0979. The lowest BCUT2D eigenvalue weighted by Gasteiger charge is -2.11. The fourth-order valence-electron chi connectivity index (χ4n) is 1.39. The number of carbonyl (C=O) groups is 2. The molecule has 0 aliphatic rings. The summed E-state index contributed by atoms with van der Waals surface area (Å²) in [6.07, 6.45) is 0.208. The van der Waals surface area contributed by atoms with E-state index in [9.17, 15) is 9.59 Å². The monoisotopic (exact) mass is 251 g/mol. The second-order valence-electron chi connectivity index (χ2n) is 3.88. The van der Waals surface area contributed by atoms with E-state index in [1.165, 1.54) is 0 Å². The zero-order valence-electron chi connectivity index (χ0n) is 10.4. The molecule has 1 unspecified atom stereocenters. The van der Waals surface area contributed by atoms with Gasteiger partial charge in [0, 0.05) is 19.0 Å². The first kappa shape index (κ1) is 13.9. The average molecular weight is 251 g/mol. The van der Waals surface area contributed by atoms with Gasteiger partial charge in [-0.1, -0.05) is 0 Å². The third-order valence-electron chi connectivity index (χ3n) is 2.14. The van der Waals surface area contributed by atoms with E-state index in [0.717, 1.165) is 0 Å². The van der Waals surface area contributed by atoms with Crippen LogP contribution >= 0.6 is 0 Å². The van der Waals surface area contributed by atoms with E-state index in [1.54, 1.807) is 12.1 Å². The van der Waals surface area contributed by atoms with E-state index in [-0.39, 0.29) is 30.0 Å². The molecule has 0 fully saturated rings. The summed E-state index contributed by atoms with van der Waals surface area (Å²) in [4.78, 5) is 22.1. The molecular formula is C11H17N5O2. The van der Waals surface area contributed by atoms with Gasteiger partial charge in [0.25, 0.3) is 5.91 Å². The Morgan fingerprint density at radius 1 is 1.39 bits per heavy atom. The van der Waals surface area contributed by atoms with Crippen LogP contribution in [0.25, 0.3) is 0 Å². The summed E-state index contributed by atoms with van der Waals surface area (Å²) in [5.41, 5.74) is 5.33. The molecule has 98 valence electrons. The molecule has 0 saturated carbocycles. The highest BCUT2D eigenvalue weighted by Crippen LogP contribution is 2.05. The molecule has 0 aromatic carbocycles. The largest absolute Gasteiger partial charge is 0.370 e. The quantitative estimate of drug-likeness (QED) is 0.654. The molecular weight excluding hydrogens is 234 g/mol. The first-order valence-electron chi connectivity index (χ1n) is 5.69. The fraction of sp³-hybridized carbons (Fsp3) is 0.455. The van der Waals surface area contributed by atoms with Crippen molar-refractivity contribution in [2.45, 2.75) is 26.3 Å². The minimum Gasteiger partial charge on any atom is -0.370 e. The molecule has 1 aromatic heterocycles. The minimum absolute atomic E-state index is 0.132. The van der Waals surface area contributed by atoms with E-state index in [1.807, 2.05) is 13.8 Å². The maximum atomic E-state index is 11.4. The summed E-state index contributed by atoms with van der Waals surface area (Å²) < 4.78 is 0. The van der Waals surface area contributed by atoms with Gasteiger partial charge in [0.05, 0.1) is 0 Å². The van der Waals surface area contributed by atoms with Crippen LogP contribution in [-0.2, 0) is 4.79 Å². The maximum Gasteiger partial charge on any atom is 0.271 e. The number of nitrogens with zero attached hydrogens (tertiary/aromatic N) is 2. The Kier molecular flexibility index (Phi) is 5.04. The lowest BCUT2D eigenvalue weighted by Crippen LogP contribution is -2.26. The van der Waals surface area contributed by atoms with Crippen LogP contribution in [0.4, 0.5) is 5.82 Å². The van der Waals surface area contributed by atoms with E-state index < -0.39 is 0 Å². The molecule has 1 aromatic rings. The van der Waals surface area contributed by atoms with E-state index >= 15 is 0 Å². The van der Waals surface area contributed by atoms with Gasteiger partial charge in [0.15, 0.2) is 5.69 Å². The van der Waals surface area contributed by atoms with Crippen molar-refractivity contribution in [3.8, 4) is 0 Å². The standard InChI is InChI=1S/C11H17N5O2/c1-3-13-11(18)8-4-5-10(16-15-8)14-7(2)6-9(12)17/h4-5,7H,3,6H2,1-2H3,(H2,12,17)(H,13,18)(H,14,16). The smallest absolute Gasteiger partial charge is 0.271 e. The molecule has 7 heteroatoms. The second-order valence-corrected chi connectivity index (χ2v) is 3.88. The zero-order chi connectivity index (χ0) is 13.5. The van der Waals surface area contributed by atoms with Gasteiger partial charge in [-0.2, -0.15) is 0 Å². The average Bonchev–Trinajstić information content (AvgIpc) is 2.29. The molecule has 0 aliphatic carbocycles. The van der Waals surface area contributed by atoms with Gasteiger partial charge >= 0.3 is 0 Å². The van der Waals surface area contributed by atoms with Crippen molar-refractivity contribution >= 4 is 17.6 Å². The van der Waals surface area contributed by atoms with Crippen LogP contribution < -0.4 is 16.4 Å². The lowest BCUT2D eigenvalue weighted by molar-refractivity contribution is -0.118. The Labute approximate surface area is 105 Å². The van der Waals surface area contributed by atoms with Crippen LogP contribution in [-0.4, -0.2) is 34.6 Å². The molecule has 2 amide bonds. The SMILES string of the molecule is CCNC(=O)c1ccc(NC(C)CC(N)=O)nn1. The van der Waals surface area contributed by atoms with Crippen molar-refractivity contribution in [3.63, 3.8) is 0 Å². The van der Waals surface area contributed by atoms with Crippen LogP contribution in [0.1, 0.15) is 30.8 Å². The molecule has 4 N–H and O–H groups in total. The summed E-state index contributed by atoms with van der Waals surface area (Å²) >= 11 is 0. The zero-order valence-corrected chi connectivity index (χ0v) is 10.4. The van der Waals surface area contributed by atoms with Crippen molar-refractivity contribution in [2.75, 3.05) is 11.9 Å². The summed E-state index contributed by atoms with van der Waals surface area (Å²) in [5.74, 6) is -0.152. The second kappa shape index (κ2) is 6.53. The predicted molar refractivity (Wildman–Crippen MR) is 66.9 cm³/mol. The number of hydrogen-bond donors (Lipinski definition) is 3. The number of amides is 2. The fourth-order valence-corrected chi connectivity index (χ4v) is 1.39.